The van der Waals surface area contributed by atoms with Crippen LogP contribution < -0.4 is 25.0 Å². The Balaban J connectivity index is 1.26. The summed E-state index contributed by atoms with van der Waals surface area (Å²) in [7, 11) is 1.60. The highest BCUT2D eigenvalue weighted by Gasteiger charge is 2.35. The van der Waals surface area contributed by atoms with Crippen molar-refractivity contribution in [1.29, 1.82) is 0 Å². The molecule has 1 fully saturated rings. The largest absolute Gasteiger partial charge is 0.497 e. The summed E-state index contributed by atoms with van der Waals surface area (Å²) in [6.07, 6.45) is 0.148. The van der Waals surface area contributed by atoms with Crippen molar-refractivity contribution in [3.05, 3.63) is 83.4 Å². The molecule has 1 atom stereocenters. The Kier molecular flexibility index (Phi) is 8.07. The van der Waals surface area contributed by atoms with Crippen LogP contribution in [0.2, 0.25) is 5.02 Å². The van der Waals surface area contributed by atoms with Gasteiger partial charge in [0.1, 0.15) is 11.5 Å². The van der Waals surface area contributed by atoms with Crippen LogP contribution in [0.3, 0.4) is 0 Å². The molecule has 0 spiro atoms. The molecule has 4 rings (SSSR count). The maximum Gasteiger partial charge on any atom is 0.262 e. The maximum absolute atomic E-state index is 12.6. The van der Waals surface area contributed by atoms with Crippen molar-refractivity contribution in [2.24, 2.45) is 5.92 Å². The molecule has 3 aromatic carbocycles. The van der Waals surface area contributed by atoms with Crippen molar-refractivity contribution in [1.82, 2.24) is 5.32 Å². The Morgan fingerprint density at radius 2 is 1.69 bits per heavy atom. The number of ether oxygens (including phenoxy) is 2. The summed E-state index contributed by atoms with van der Waals surface area (Å²) in [6, 6.07) is 21.2. The van der Waals surface area contributed by atoms with Gasteiger partial charge >= 0.3 is 0 Å². The van der Waals surface area contributed by atoms with Gasteiger partial charge in [0.25, 0.3) is 5.91 Å². The molecule has 1 heterocycles. The summed E-state index contributed by atoms with van der Waals surface area (Å²) in [5, 5.41) is 6.04. The van der Waals surface area contributed by atoms with Gasteiger partial charge in [-0.15, -0.1) is 0 Å². The highest BCUT2D eigenvalue weighted by molar-refractivity contribution is 6.33. The quantitative estimate of drug-likeness (QED) is 0.455. The monoisotopic (exact) mass is 507 g/mol. The second-order valence-corrected chi connectivity index (χ2v) is 8.69. The molecule has 1 aliphatic heterocycles. The van der Waals surface area contributed by atoms with Crippen LogP contribution in [0.5, 0.6) is 11.5 Å². The molecule has 0 aliphatic carbocycles. The zero-order valence-corrected chi connectivity index (χ0v) is 20.5. The lowest BCUT2D eigenvalue weighted by Crippen LogP contribution is -2.32. The van der Waals surface area contributed by atoms with E-state index in [4.69, 9.17) is 21.1 Å². The van der Waals surface area contributed by atoms with Crippen LogP contribution in [0.25, 0.3) is 0 Å². The van der Waals surface area contributed by atoms with Crippen molar-refractivity contribution in [2.75, 3.05) is 30.5 Å². The number of amides is 3. The number of carbonyl (C=O) groups is 3. The number of halogens is 1. The van der Waals surface area contributed by atoms with Crippen molar-refractivity contribution in [3.63, 3.8) is 0 Å². The van der Waals surface area contributed by atoms with Crippen molar-refractivity contribution >= 4 is 40.7 Å². The topological polar surface area (TPSA) is 97.0 Å². The summed E-state index contributed by atoms with van der Waals surface area (Å²) in [5.41, 5.74) is 2.12. The van der Waals surface area contributed by atoms with E-state index in [9.17, 15) is 14.4 Å². The molecule has 3 amide bonds. The lowest BCUT2D eigenvalue weighted by atomic mass is 10.1. The third-order valence-corrected chi connectivity index (χ3v) is 6.12. The second-order valence-electron chi connectivity index (χ2n) is 8.28. The zero-order valence-electron chi connectivity index (χ0n) is 19.7. The third kappa shape index (κ3) is 6.34. The fraction of sp³-hybridized carbons (Fsp3) is 0.222. The molecular formula is C27H26ClN3O5. The number of nitrogens with zero attached hydrogens (tertiary/aromatic N) is 1. The highest BCUT2D eigenvalue weighted by atomic mass is 35.5. The molecule has 0 bridgehead atoms. The van der Waals surface area contributed by atoms with Crippen LogP contribution in [0.4, 0.5) is 11.4 Å². The van der Waals surface area contributed by atoms with Gasteiger partial charge in [0.2, 0.25) is 11.8 Å². The molecule has 36 heavy (non-hydrogen) atoms. The van der Waals surface area contributed by atoms with E-state index in [0.29, 0.717) is 35.2 Å². The average molecular weight is 508 g/mol. The van der Waals surface area contributed by atoms with E-state index >= 15 is 0 Å². The summed E-state index contributed by atoms with van der Waals surface area (Å²) in [4.78, 5) is 38.9. The van der Waals surface area contributed by atoms with Crippen LogP contribution in [-0.4, -0.2) is 38.0 Å². The molecular weight excluding hydrogens is 482 g/mol. The SMILES string of the molecule is COc1ccc(CNC(=O)[C@@H]2CC(=O)N(c3ccc(OCC(=O)Nc4ccccc4Cl)cc3)C2)cc1. The Hall–Kier alpha value is -4.04. The molecule has 0 saturated carbocycles. The number of para-hydroxylation sites is 1. The first-order chi connectivity index (χ1) is 17.4. The van der Waals surface area contributed by atoms with Gasteiger partial charge in [-0.1, -0.05) is 35.9 Å². The van der Waals surface area contributed by atoms with Crippen LogP contribution in [0, 0.1) is 5.92 Å². The van der Waals surface area contributed by atoms with Crippen molar-refractivity contribution < 1.29 is 23.9 Å². The first kappa shape index (κ1) is 25.1. The van der Waals surface area contributed by atoms with E-state index in [2.05, 4.69) is 10.6 Å². The summed E-state index contributed by atoms with van der Waals surface area (Å²) >= 11 is 6.05. The first-order valence-corrected chi connectivity index (χ1v) is 11.8. The molecule has 9 heteroatoms. The number of rotatable bonds is 9. The van der Waals surface area contributed by atoms with Crippen LogP contribution >= 0.6 is 11.6 Å². The Bertz CT molecular complexity index is 1230. The predicted molar refractivity (Wildman–Crippen MR) is 137 cm³/mol. The van der Waals surface area contributed by atoms with E-state index in [0.717, 1.165) is 11.3 Å². The second kappa shape index (κ2) is 11.6. The van der Waals surface area contributed by atoms with Crippen molar-refractivity contribution in [2.45, 2.75) is 13.0 Å². The number of anilines is 2. The van der Waals surface area contributed by atoms with E-state index < -0.39 is 5.92 Å². The standard InChI is InChI=1S/C27H26ClN3O5/c1-35-21-10-6-18(7-11-21)15-29-27(34)19-14-26(33)31(16-19)20-8-12-22(13-9-20)36-17-25(32)30-24-5-3-2-4-23(24)28/h2-13,19H,14-17H2,1H3,(H,29,34)(H,30,32)/t19-/m1/s1. The van der Waals surface area contributed by atoms with Crippen molar-refractivity contribution in [3.8, 4) is 11.5 Å². The molecule has 1 saturated heterocycles. The van der Waals surface area contributed by atoms with Gasteiger partial charge in [0, 0.05) is 25.2 Å². The van der Waals surface area contributed by atoms with Gasteiger partial charge in [0.15, 0.2) is 6.61 Å². The third-order valence-electron chi connectivity index (χ3n) is 5.79. The molecule has 0 unspecified atom stereocenters. The Morgan fingerprint density at radius 3 is 2.39 bits per heavy atom. The number of benzene rings is 3. The highest BCUT2D eigenvalue weighted by Crippen LogP contribution is 2.27. The van der Waals surface area contributed by atoms with Gasteiger partial charge in [-0.05, 0) is 54.1 Å². The maximum atomic E-state index is 12.6. The van der Waals surface area contributed by atoms with E-state index in [1.807, 2.05) is 24.3 Å². The molecule has 8 nitrogen and oxygen atoms in total. The fourth-order valence-corrected chi connectivity index (χ4v) is 4.01. The van der Waals surface area contributed by atoms with Crippen LogP contribution in [0.1, 0.15) is 12.0 Å². The summed E-state index contributed by atoms with van der Waals surface area (Å²) in [6.45, 7) is 0.487. The van der Waals surface area contributed by atoms with Gasteiger partial charge in [-0.2, -0.15) is 0 Å². The molecule has 3 aromatic rings. The van der Waals surface area contributed by atoms with Gasteiger partial charge in [-0.3, -0.25) is 14.4 Å². The minimum atomic E-state index is -0.430. The van der Waals surface area contributed by atoms with Gasteiger partial charge in [-0.25, -0.2) is 0 Å². The number of hydrogen-bond acceptors (Lipinski definition) is 5. The normalized spacial score (nSPS) is 14.9. The lowest BCUT2D eigenvalue weighted by molar-refractivity contribution is -0.126. The number of carbonyl (C=O) groups excluding carboxylic acids is 3. The van der Waals surface area contributed by atoms with E-state index in [1.165, 1.54) is 0 Å². The number of hydrogen-bond donors (Lipinski definition) is 2. The van der Waals surface area contributed by atoms with E-state index in [-0.39, 0.29) is 30.7 Å². The van der Waals surface area contributed by atoms with Gasteiger partial charge < -0.3 is 25.0 Å². The molecule has 0 radical (unpaired) electrons. The van der Waals surface area contributed by atoms with Gasteiger partial charge in [0.05, 0.1) is 23.7 Å². The first-order valence-electron chi connectivity index (χ1n) is 11.4. The minimum Gasteiger partial charge on any atom is -0.497 e. The zero-order chi connectivity index (χ0) is 25.5. The van der Waals surface area contributed by atoms with Crippen LogP contribution in [0.15, 0.2) is 72.8 Å². The smallest absolute Gasteiger partial charge is 0.262 e. The molecule has 1 aliphatic rings. The predicted octanol–water partition coefficient (Wildman–Crippen LogP) is 4.04. The summed E-state index contributed by atoms with van der Waals surface area (Å²) in [5.74, 6) is 0.177. The summed E-state index contributed by atoms with van der Waals surface area (Å²) < 4.78 is 10.7. The molecule has 0 aromatic heterocycles. The average Bonchev–Trinajstić information content (AvgIpc) is 3.29. The number of methoxy groups -OCH3 is 1. The molecule has 2 N–H and O–H groups in total. The lowest BCUT2D eigenvalue weighted by Gasteiger charge is -2.17. The Labute approximate surface area is 214 Å². The fourth-order valence-electron chi connectivity index (χ4n) is 3.83. The molecule has 186 valence electrons. The number of nitrogens with one attached hydrogen (secondary N) is 2. The Morgan fingerprint density at radius 1 is 1.00 bits per heavy atom. The van der Waals surface area contributed by atoms with E-state index in [1.54, 1.807) is 60.5 Å². The van der Waals surface area contributed by atoms with Crippen LogP contribution in [-0.2, 0) is 20.9 Å². The minimum absolute atomic E-state index is 0.118.